The van der Waals surface area contributed by atoms with Gasteiger partial charge in [-0.3, -0.25) is 9.59 Å². The van der Waals surface area contributed by atoms with Crippen LogP contribution in [0, 0.1) is 0 Å². The molecule has 4 aromatic rings. The Hall–Kier alpha value is -3.57. The average Bonchev–Trinajstić information content (AvgIpc) is 2.85. The molecule has 1 aromatic heterocycles. The summed E-state index contributed by atoms with van der Waals surface area (Å²) in [5, 5.41) is 1.52. The lowest BCUT2D eigenvalue weighted by atomic mass is 10.1. The van der Waals surface area contributed by atoms with Crippen molar-refractivity contribution in [3.63, 3.8) is 0 Å². The molecule has 1 amide bonds. The molecule has 0 atom stereocenters. The van der Waals surface area contributed by atoms with Crippen molar-refractivity contribution < 1.29 is 9.53 Å². The number of pyridine rings is 1. The molecule has 174 valence electrons. The van der Waals surface area contributed by atoms with Crippen molar-refractivity contribution in [1.29, 1.82) is 0 Å². The first-order valence-electron chi connectivity index (χ1n) is 11.4. The van der Waals surface area contributed by atoms with Crippen molar-refractivity contribution in [2.75, 3.05) is 6.61 Å². The Labute approximate surface area is 204 Å². The van der Waals surface area contributed by atoms with Gasteiger partial charge in [-0.2, -0.15) is 0 Å². The molecular weight excluding hydrogens is 448 g/mol. The lowest BCUT2D eigenvalue weighted by Crippen LogP contribution is -2.32. The number of halogens is 1. The predicted molar refractivity (Wildman–Crippen MR) is 137 cm³/mol. The van der Waals surface area contributed by atoms with E-state index in [9.17, 15) is 9.59 Å². The van der Waals surface area contributed by atoms with Crippen LogP contribution in [0.15, 0.2) is 77.6 Å². The fourth-order valence-corrected chi connectivity index (χ4v) is 4.11. The number of aromatic nitrogens is 1. The first-order chi connectivity index (χ1) is 16.5. The molecule has 6 heteroatoms. The zero-order valence-electron chi connectivity index (χ0n) is 19.3. The molecular formula is C28H27ClN2O3. The normalized spacial score (nSPS) is 10.9. The van der Waals surface area contributed by atoms with E-state index in [1.165, 1.54) is 5.56 Å². The number of amides is 1. The molecule has 1 N–H and O–H groups in total. The molecule has 0 radical (unpaired) electrons. The number of hydrogen-bond donors (Lipinski definition) is 1. The van der Waals surface area contributed by atoms with Crippen LogP contribution in [0.1, 0.15) is 40.9 Å². The van der Waals surface area contributed by atoms with Crippen molar-refractivity contribution in [2.45, 2.75) is 33.4 Å². The summed E-state index contributed by atoms with van der Waals surface area (Å²) in [7, 11) is 0. The maximum atomic E-state index is 13.5. The van der Waals surface area contributed by atoms with Gasteiger partial charge in [0.25, 0.3) is 11.5 Å². The molecule has 0 spiro atoms. The molecule has 0 aliphatic rings. The molecule has 0 bridgehead atoms. The van der Waals surface area contributed by atoms with Crippen molar-refractivity contribution in [3.05, 3.63) is 110 Å². The standard InChI is InChI=1S/C28H27ClN2O3/c1-3-19-9-14-26-22(15-19)16-23(27(32)30-26)18-31(17-21-7-5-6-8-25(21)29)28(33)20-10-12-24(13-11-20)34-4-2/h5-16H,3-4,17-18H2,1-2H3,(H,30,32). The van der Waals surface area contributed by atoms with Crippen LogP contribution in [0.3, 0.4) is 0 Å². The van der Waals surface area contributed by atoms with E-state index >= 15 is 0 Å². The Balaban J connectivity index is 1.70. The lowest BCUT2D eigenvalue weighted by molar-refractivity contribution is 0.0729. The van der Waals surface area contributed by atoms with Crippen LogP contribution >= 0.6 is 11.6 Å². The number of ether oxygens (including phenoxy) is 1. The summed E-state index contributed by atoms with van der Waals surface area (Å²) in [6.45, 7) is 4.98. The SMILES string of the molecule is CCOc1ccc(C(=O)N(Cc2ccccc2Cl)Cc2cc3cc(CC)ccc3[nH]c2=O)cc1. The maximum absolute atomic E-state index is 13.5. The van der Waals surface area contributed by atoms with Gasteiger partial charge in [-0.05, 0) is 78.4 Å². The molecule has 1 heterocycles. The van der Waals surface area contributed by atoms with E-state index in [1.54, 1.807) is 35.2 Å². The van der Waals surface area contributed by atoms with Gasteiger partial charge in [-0.25, -0.2) is 0 Å². The summed E-state index contributed by atoms with van der Waals surface area (Å²) < 4.78 is 5.50. The molecule has 0 saturated carbocycles. The van der Waals surface area contributed by atoms with Crippen LogP contribution in [0.4, 0.5) is 0 Å². The summed E-state index contributed by atoms with van der Waals surface area (Å²) >= 11 is 6.40. The minimum absolute atomic E-state index is 0.152. The summed E-state index contributed by atoms with van der Waals surface area (Å²) in [6.07, 6.45) is 0.902. The van der Waals surface area contributed by atoms with Gasteiger partial charge in [0.1, 0.15) is 5.75 Å². The average molecular weight is 475 g/mol. The molecule has 34 heavy (non-hydrogen) atoms. The van der Waals surface area contributed by atoms with E-state index in [4.69, 9.17) is 16.3 Å². The Morgan fingerprint density at radius 3 is 2.38 bits per heavy atom. The van der Waals surface area contributed by atoms with Gasteiger partial charge >= 0.3 is 0 Å². The minimum Gasteiger partial charge on any atom is -0.494 e. The van der Waals surface area contributed by atoms with Gasteiger partial charge in [-0.1, -0.05) is 42.8 Å². The first kappa shape index (κ1) is 23.6. The predicted octanol–water partition coefficient (Wildman–Crippen LogP) is 5.99. The number of nitrogens with one attached hydrogen (secondary N) is 1. The summed E-state index contributed by atoms with van der Waals surface area (Å²) in [5.41, 5.74) is 3.60. The molecule has 0 saturated heterocycles. The minimum atomic E-state index is -0.208. The van der Waals surface area contributed by atoms with Crippen LogP contribution in [-0.2, 0) is 19.5 Å². The zero-order chi connectivity index (χ0) is 24.1. The third-order valence-corrected chi connectivity index (χ3v) is 6.14. The van der Waals surface area contributed by atoms with Gasteiger partial charge in [0, 0.05) is 28.2 Å². The van der Waals surface area contributed by atoms with Crippen LogP contribution in [-0.4, -0.2) is 22.4 Å². The molecule has 0 fully saturated rings. The van der Waals surface area contributed by atoms with E-state index in [-0.39, 0.29) is 24.6 Å². The van der Waals surface area contributed by atoms with Crippen molar-refractivity contribution in [3.8, 4) is 5.75 Å². The molecule has 0 aliphatic carbocycles. The van der Waals surface area contributed by atoms with E-state index in [0.717, 1.165) is 22.9 Å². The monoisotopic (exact) mass is 474 g/mol. The van der Waals surface area contributed by atoms with Crippen molar-refractivity contribution in [1.82, 2.24) is 9.88 Å². The number of hydrogen-bond acceptors (Lipinski definition) is 3. The quantitative estimate of drug-likeness (QED) is 0.341. The highest BCUT2D eigenvalue weighted by atomic mass is 35.5. The largest absolute Gasteiger partial charge is 0.494 e. The third-order valence-electron chi connectivity index (χ3n) is 5.77. The molecule has 5 nitrogen and oxygen atoms in total. The molecule has 3 aromatic carbocycles. The highest BCUT2D eigenvalue weighted by Crippen LogP contribution is 2.22. The Kier molecular flexibility index (Phi) is 7.33. The van der Waals surface area contributed by atoms with Crippen LogP contribution < -0.4 is 10.3 Å². The van der Waals surface area contributed by atoms with Crippen molar-refractivity contribution in [2.24, 2.45) is 0 Å². The fourth-order valence-electron chi connectivity index (χ4n) is 3.92. The number of H-pyrrole nitrogens is 1. The van der Waals surface area contributed by atoms with Crippen LogP contribution in [0.2, 0.25) is 5.02 Å². The second kappa shape index (κ2) is 10.6. The van der Waals surface area contributed by atoms with E-state index in [1.807, 2.05) is 43.3 Å². The second-order valence-electron chi connectivity index (χ2n) is 8.11. The van der Waals surface area contributed by atoms with Crippen LogP contribution in [0.25, 0.3) is 10.9 Å². The highest BCUT2D eigenvalue weighted by Gasteiger charge is 2.20. The zero-order valence-corrected chi connectivity index (χ0v) is 20.1. The van der Waals surface area contributed by atoms with E-state index in [0.29, 0.717) is 28.5 Å². The smallest absolute Gasteiger partial charge is 0.254 e. The summed E-state index contributed by atoms with van der Waals surface area (Å²) in [6, 6.07) is 22.3. The number of nitrogens with zero attached hydrogens (tertiary/aromatic N) is 1. The Bertz CT molecular complexity index is 1360. The summed E-state index contributed by atoms with van der Waals surface area (Å²) in [5.74, 6) is 0.513. The van der Waals surface area contributed by atoms with Gasteiger partial charge in [0.2, 0.25) is 0 Å². The van der Waals surface area contributed by atoms with Gasteiger partial charge in [0.05, 0.1) is 13.2 Å². The molecule has 0 unspecified atom stereocenters. The van der Waals surface area contributed by atoms with Crippen LogP contribution in [0.5, 0.6) is 5.75 Å². The number of benzene rings is 3. The highest BCUT2D eigenvalue weighted by molar-refractivity contribution is 6.31. The van der Waals surface area contributed by atoms with E-state index in [2.05, 4.69) is 18.0 Å². The maximum Gasteiger partial charge on any atom is 0.254 e. The number of fused-ring (bicyclic) bond motifs is 1. The number of carbonyl (C=O) groups is 1. The number of rotatable bonds is 8. The Morgan fingerprint density at radius 1 is 0.941 bits per heavy atom. The number of aryl methyl sites for hydroxylation is 1. The first-order valence-corrected chi connectivity index (χ1v) is 11.8. The second-order valence-corrected chi connectivity index (χ2v) is 8.52. The van der Waals surface area contributed by atoms with Gasteiger partial charge in [0.15, 0.2) is 0 Å². The third kappa shape index (κ3) is 5.32. The number of carbonyl (C=O) groups excluding carboxylic acids is 1. The van der Waals surface area contributed by atoms with Gasteiger partial charge in [-0.15, -0.1) is 0 Å². The van der Waals surface area contributed by atoms with E-state index < -0.39 is 0 Å². The lowest BCUT2D eigenvalue weighted by Gasteiger charge is -2.24. The molecule has 0 aliphatic heterocycles. The number of aromatic amines is 1. The topological polar surface area (TPSA) is 62.4 Å². The van der Waals surface area contributed by atoms with Gasteiger partial charge < -0.3 is 14.6 Å². The fraction of sp³-hybridized carbons (Fsp3) is 0.214. The summed E-state index contributed by atoms with van der Waals surface area (Å²) in [4.78, 5) is 31.0. The Morgan fingerprint density at radius 2 is 1.68 bits per heavy atom. The van der Waals surface area contributed by atoms with Crippen molar-refractivity contribution >= 4 is 28.4 Å². The molecule has 4 rings (SSSR count).